The number of methoxy groups -OCH3 is 1. The van der Waals surface area contributed by atoms with Gasteiger partial charge < -0.3 is 10.2 Å². The van der Waals surface area contributed by atoms with Gasteiger partial charge in [-0.05, 0) is 37.0 Å². The van der Waals surface area contributed by atoms with E-state index in [1.807, 2.05) is 16.8 Å². The number of nitrogens with one attached hydrogen (secondary N) is 2. The lowest BCUT2D eigenvalue weighted by atomic mass is 10.1. The van der Waals surface area contributed by atoms with E-state index in [0.29, 0.717) is 0 Å². The maximum absolute atomic E-state index is 5.25. The van der Waals surface area contributed by atoms with Crippen molar-refractivity contribution >= 4 is 11.8 Å². The number of fused-ring (bicyclic) bond motifs is 2. The molecule has 0 saturated carbocycles. The average Bonchev–Trinajstić information content (AvgIpc) is 3.36. The molecule has 0 bridgehead atoms. The van der Waals surface area contributed by atoms with E-state index in [4.69, 9.17) is 4.74 Å². The first-order chi connectivity index (χ1) is 12.3. The van der Waals surface area contributed by atoms with Gasteiger partial charge in [-0.25, -0.2) is 4.68 Å². The summed E-state index contributed by atoms with van der Waals surface area (Å²) in [6.45, 7) is 0. The van der Waals surface area contributed by atoms with Gasteiger partial charge in [-0.3, -0.25) is 5.10 Å². The number of ether oxygens (including phenoxy) is 1. The second-order valence-corrected chi connectivity index (χ2v) is 7.28. The van der Waals surface area contributed by atoms with Crippen molar-refractivity contribution in [3.05, 3.63) is 41.1 Å². The van der Waals surface area contributed by atoms with Crippen LogP contribution >= 0.6 is 11.8 Å². The van der Waals surface area contributed by atoms with E-state index in [1.165, 1.54) is 23.2 Å². The third-order valence-corrected chi connectivity index (χ3v) is 5.86. The van der Waals surface area contributed by atoms with Gasteiger partial charge in [0.1, 0.15) is 11.4 Å². The normalized spacial score (nSPS) is 18.5. The Kier molecular flexibility index (Phi) is 3.44. The topological polar surface area (TPSA) is 80.7 Å². The molecule has 1 aromatic carbocycles. The first-order valence-corrected chi connectivity index (χ1v) is 9.37. The van der Waals surface area contributed by atoms with E-state index in [2.05, 4.69) is 38.0 Å². The van der Waals surface area contributed by atoms with E-state index in [1.54, 1.807) is 18.9 Å². The number of rotatable bonds is 3. The molecule has 2 aromatic heterocycles. The highest BCUT2D eigenvalue weighted by Gasteiger charge is 2.28. The zero-order valence-corrected chi connectivity index (χ0v) is 14.6. The molecule has 2 aliphatic rings. The van der Waals surface area contributed by atoms with E-state index >= 15 is 0 Å². The number of benzene rings is 1. The summed E-state index contributed by atoms with van der Waals surface area (Å²) in [4.78, 5) is 0. The predicted molar refractivity (Wildman–Crippen MR) is 95.4 cm³/mol. The van der Waals surface area contributed by atoms with Crippen LogP contribution in [0.4, 0.5) is 0 Å². The number of hydrogen-bond acceptors (Lipinski definition) is 6. The van der Waals surface area contributed by atoms with Crippen LogP contribution in [-0.2, 0) is 12.8 Å². The van der Waals surface area contributed by atoms with E-state index in [9.17, 15) is 0 Å². The molecule has 1 aliphatic carbocycles. The number of hydrogen-bond donors (Lipinski definition) is 2. The van der Waals surface area contributed by atoms with E-state index in [0.717, 1.165) is 41.0 Å². The van der Waals surface area contributed by atoms with Gasteiger partial charge in [-0.2, -0.15) is 5.10 Å². The average molecular weight is 354 g/mol. The van der Waals surface area contributed by atoms with E-state index < -0.39 is 0 Å². The summed E-state index contributed by atoms with van der Waals surface area (Å²) in [7, 11) is 1.68. The van der Waals surface area contributed by atoms with Gasteiger partial charge in [-0.1, -0.05) is 23.9 Å². The Labute approximate surface area is 149 Å². The Morgan fingerprint density at radius 3 is 2.92 bits per heavy atom. The van der Waals surface area contributed by atoms with Crippen molar-refractivity contribution in [1.82, 2.24) is 25.1 Å². The van der Waals surface area contributed by atoms with Crippen LogP contribution in [0.25, 0.3) is 11.5 Å². The molecule has 7 nitrogen and oxygen atoms in total. The highest BCUT2D eigenvalue weighted by atomic mass is 32.2. The van der Waals surface area contributed by atoms with Crippen LogP contribution in [0.15, 0.2) is 29.4 Å². The summed E-state index contributed by atoms with van der Waals surface area (Å²) in [5.74, 6) is 2.56. The highest BCUT2D eigenvalue weighted by molar-refractivity contribution is 7.99. The number of aryl methyl sites for hydroxylation is 1. The zero-order valence-electron chi connectivity index (χ0n) is 13.8. The van der Waals surface area contributed by atoms with Gasteiger partial charge >= 0.3 is 0 Å². The number of aromatic nitrogens is 5. The van der Waals surface area contributed by atoms with Crippen molar-refractivity contribution in [2.75, 3.05) is 18.3 Å². The lowest BCUT2D eigenvalue weighted by molar-refractivity contribution is 0.414. The molecule has 1 unspecified atom stereocenters. The summed E-state index contributed by atoms with van der Waals surface area (Å²) >= 11 is 1.71. The fourth-order valence-electron chi connectivity index (χ4n) is 3.50. The Bertz CT molecular complexity index is 916. The zero-order chi connectivity index (χ0) is 16.8. The van der Waals surface area contributed by atoms with Gasteiger partial charge in [0.2, 0.25) is 11.0 Å². The summed E-state index contributed by atoms with van der Waals surface area (Å²) < 4.78 is 7.23. The third-order valence-electron chi connectivity index (χ3n) is 4.83. The van der Waals surface area contributed by atoms with Crippen molar-refractivity contribution in [2.24, 2.45) is 0 Å². The molecule has 0 saturated heterocycles. The maximum Gasteiger partial charge on any atom is 0.210 e. The molecule has 0 radical (unpaired) electrons. The molecule has 25 heavy (non-hydrogen) atoms. The molecule has 1 aliphatic heterocycles. The fraction of sp³-hybridized carbons (Fsp3) is 0.353. The summed E-state index contributed by atoms with van der Waals surface area (Å²) in [5.41, 5.74) is 8.22. The molecule has 0 spiro atoms. The smallest absolute Gasteiger partial charge is 0.210 e. The van der Waals surface area contributed by atoms with Gasteiger partial charge in [0.05, 0.1) is 13.2 Å². The van der Waals surface area contributed by atoms with Gasteiger partial charge in [-0.15, -0.1) is 10.2 Å². The quantitative estimate of drug-likeness (QED) is 0.752. The first-order valence-electron chi connectivity index (χ1n) is 8.38. The minimum absolute atomic E-state index is 0.185. The van der Waals surface area contributed by atoms with Crippen LogP contribution in [0.2, 0.25) is 0 Å². The van der Waals surface area contributed by atoms with Crippen LogP contribution in [0.5, 0.6) is 5.75 Å². The lowest BCUT2D eigenvalue weighted by Crippen LogP contribution is -2.28. The van der Waals surface area contributed by atoms with Gasteiger partial charge in [0, 0.05) is 17.0 Å². The van der Waals surface area contributed by atoms with Crippen molar-refractivity contribution in [3.8, 4) is 17.3 Å². The number of thioether (sulfide) groups is 1. The minimum atomic E-state index is 0.185. The summed E-state index contributed by atoms with van der Waals surface area (Å²) in [6.07, 6.45) is 3.30. The Morgan fingerprint density at radius 1 is 1.20 bits per heavy atom. The van der Waals surface area contributed by atoms with Crippen LogP contribution < -0.4 is 10.2 Å². The molecule has 1 atom stereocenters. The Morgan fingerprint density at radius 2 is 2.08 bits per heavy atom. The van der Waals surface area contributed by atoms with Crippen molar-refractivity contribution in [1.29, 1.82) is 0 Å². The molecule has 2 N–H and O–H groups in total. The van der Waals surface area contributed by atoms with Crippen LogP contribution in [0, 0.1) is 0 Å². The molecule has 3 aromatic rings. The Hall–Kier alpha value is -2.48. The number of H-pyrrole nitrogens is 1. The number of aromatic amines is 1. The highest BCUT2D eigenvalue weighted by Crippen LogP contribution is 2.35. The molecule has 3 heterocycles. The monoisotopic (exact) mass is 354 g/mol. The second-order valence-electron chi connectivity index (χ2n) is 6.29. The minimum Gasteiger partial charge on any atom is -0.497 e. The van der Waals surface area contributed by atoms with Gasteiger partial charge in [0.25, 0.3) is 0 Å². The van der Waals surface area contributed by atoms with Crippen molar-refractivity contribution in [2.45, 2.75) is 30.5 Å². The Balaban J connectivity index is 1.48. The van der Waals surface area contributed by atoms with Crippen molar-refractivity contribution in [3.63, 3.8) is 0 Å². The third kappa shape index (κ3) is 2.39. The standard InChI is InChI=1S/C17H18N6OS/c1-24-11-7-5-10(6-8-11)14-9-25-17-21-20-16(23(17)22-14)15-12-3-2-4-13(12)18-19-15/h5-8,14,22H,2-4,9H2,1H3,(H,18,19). The summed E-state index contributed by atoms with van der Waals surface area (Å²) in [5, 5.41) is 17.3. The largest absolute Gasteiger partial charge is 0.497 e. The van der Waals surface area contributed by atoms with Crippen LogP contribution in [0.1, 0.15) is 29.3 Å². The lowest BCUT2D eigenvalue weighted by Gasteiger charge is -2.26. The molecule has 8 heteroatoms. The SMILES string of the molecule is COc1ccc(C2CSc3nnc(-c4n[nH]c5c4CCC5)n3N2)cc1. The molecule has 0 amide bonds. The number of nitrogens with zero attached hydrogens (tertiary/aromatic N) is 4. The maximum atomic E-state index is 5.25. The second kappa shape index (κ2) is 5.80. The fourth-order valence-corrected chi connectivity index (χ4v) is 4.44. The van der Waals surface area contributed by atoms with Crippen molar-refractivity contribution < 1.29 is 4.74 Å². The van der Waals surface area contributed by atoms with E-state index in [-0.39, 0.29) is 6.04 Å². The van der Waals surface area contributed by atoms with Crippen LogP contribution in [-0.4, -0.2) is 37.9 Å². The first kappa shape index (κ1) is 14.8. The van der Waals surface area contributed by atoms with Gasteiger partial charge in [0.15, 0.2) is 0 Å². The molecule has 5 rings (SSSR count). The molecular formula is C17H18N6OS. The summed E-state index contributed by atoms with van der Waals surface area (Å²) in [6, 6.07) is 8.36. The molecule has 0 fully saturated rings. The predicted octanol–water partition coefficient (Wildman–Crippen LogP) is 2.56. The molecular weight excluding hydrogens is 336 g/mol. The van der Waals surface area contributed by atoms with Crippen LogP contribution in [0.3, 0.4) is 0 Å². The molecule has 128 valence electrons.